The molecule has 5 aromatic carbocycles. The zero-order valence-corrected chi connectivity index (χ0v) is 32.1. The smallest absolute Gasteiger partial charge is 0.357 e. The average molecular weight is 755 g/mol. The second kappa shape index (κ2) is 17.4. The number of aromatic amines is 2. The van der Waals surface area contributed by atoms with E-state index in [1.165, 1.54) is 0 Å². The predicted octanol–water partition coefficient (Wildman–Crippen LogP) is 9.81. The van der Waals surface area contributed by atoms with Gasteiger partial charge in [-0.2, -0.15) is 0 Å². The number of ether oxygens (including phenoxy) is 1. The van der Waals surface area contributed by atoms with Gasteiger partial charge in [0.1, 0.15) is 23.9 Å². The molecule has 9 nitrogen and oxygen atoms in total. The lowest BCUT2D eigenvalue weighted by molar-refractivity contribution is -0.131. The van der Waals surface area contributed by atoms with Crippen molar-refractivity contribution in [1.82, 2.24) is 24.8 Å². The molecule has 9 heteroatoms. The number of hydrogen-bond acceptors (Lipinski definition) is 6. The second-order valence-electron chi connectivity index (χ2n) is 14.5. The van der Waals surface area contributed by atoms with Gasteiger partial charge < -0.3 is 24.5 Å². The number of esters is 1. The molecule has 3 heterocycles. The van der Waals surface area contributed by atoms with Crippen molar-refractivity contribution in [2.45, 2.75) is 51.8 Å². The molecule has 1 atom stereocenters. The molecule has 0 spiro atoms. The summed E-state index contributed by atoms with van der Waals surface area (Å²) in [4.78, 5) is 47.6. The highest BCUT2D eigenvalue weighted by Gasteiger charge is 2.32. The maximum absolute atomic E-state index is 13.6. The van der Waals surface area contributed by atoms with Gasteiger partial charge in [0.05, 0.1) is 30.9 Å². The lowest BCUT2D eigenvalue weighted by Gasteiger charge is -2.23. The van der Waals surface area contributed by atoms with Gasteiger partial charge in [0.15, 0.2) is 5.69 Å². The van der Waals surface area contributed by atoms with Crippen LogP contribution in [0, 0.1) is 0 Å². The molecule has 1 aliphatic heterocycles. The molecule has 0 bridgehead atoms. The Morgan fingerprint density at radius 2 is 1.37 bits per heavy atom. The molecule has 1 amide bonds. The monoisotopic (exact) mass is 754 g/mol. The van der Waals surface area contributed by atoms with E-state index in [9.17, 15) is 9.59 Å². The van der Waals surface area contributed by atoms with Crippen molar-refractivity contribution in [2.75, 3.05) is 18.0 Å². The number of amides is 1. The van der Waals surface area contributed by atoms with E-state index in [0.717, 1.165) is 82.9 Å². The van der Waals surface area contributed by atoms with Crippen LogP contribution in [0.2, 0.25) is 0 Å². The van der Waals surface area contributed by atoms with E-state index < -0.39 is 5.97 Å². The minimum absolute atomic E-state index is 0.0521. The number of nitrogens with zero attached hydrogens (tertiary/aromatic N) is 4. The molecule has 0 radical (unpaired) electrons. The first-order valence-electron chi connectivity index (χ1n) is 19.7. The van der Waals surface area contributed by atoms with Crippen LogP contribution in [0.25, 0.3) is 33.6 Å². The molecule has 7 aromatic rings. The van der Waals surface area contributed by atoms with E-state index in [0.29, 0.717) is 30.2 Å². The Kier molecular flexibility index (Phi) is 11.3. The molecule has 1 unspecified atom stereocenters. The molecule has 1 aliphatic rings. The molecule has 1 fully saturated rings. The van der Waals surface area contributed by atoms with Gasteiger partial charge in [0.2, 0.25) is 5.91 Å². The Morgan fingerprint density at radius 3 is 2.04 bits per heavy atom. The Labute approximate surface area is 333 Å². The lowest BCUT2D eigenvalue weighted by atomic mass is 10.0. The summed E-state index contributed by atoms with van der Waals surface area (Å²) in [5.41, 5.74) is 8.79. The standard InChI is InChI=1S/C48H46N6O3/c1-2-28-53(40-17-10-5-11-18-40)32-43-51-45(46(52-43)48(56)57-33-35-15-8-4-9-16-35)39-26-22-37(23-27-39)36-20-24-38(25-21-36)41-31-49-47(50-41)42-19-12-29-54(42)44(55)30-34-13-6-3-7-14-34/h3-11,13-18,20-27,31,42H,2,12,19,28-30,32-33H2,1H3,(H,49,50)(H,51,52). The first-order chi connectivity index (χ1) is 28.0. The van der Waals surface area contributed by atoms with Crippen LogP contribution in [0.3, 0.4) is 0 Å². The highest BCUT2D eigenvalue weighted by Crippen LogP contribution is 2.33. The van der Waals surface area contributed by atoms with Crippen molar-refractivity contribution in [2.24, 2.45) is 0 Å². The van der Waals surface area contributed by atoms with E-state index in [1.54, 1.807) is 0 Å². The van der Waals surface area contributed by atoms with Gasteiger partial charge >= 0.3 is 5.97 Å². The third kappa shape index (κ3) is 8.73. The van der Waals surface area contributed by atoms with Crippen molar-refractivity contribution in [3.63, 3.8) is 0 Å². The Morgan fingerprint density at radius 1 is 0.754 bits per heavy atom. The Hall–Kier alpha value is -6.74. The summed E-state index contributed by atoms with van der Waals surface area (Å²) in [6, 6.07) is 46.3. The van der Waals surface area contributed by atoms with Crippen LogP contribution >= 0.6 is 0 Å². The molecule has 1 saturated heterocycles. The Balaban J connectivity index is 0.986. The van der Waals surface area contributed by atoms with E-state index in [1.807, 2.05) is 102 Å². The zero-order chi connectivity index (χ0) is 39.0. The fraction of sp³-hybridized carbons (Fsp3) is 0.208. The van der Waals surface area contributed by atoms with Crippen molar-refractivity contribution in [3.8, 4) is 33.6 Å². The molecular formula is C48H46N6O3. The number of carbonyl (C=O) groups excluding carboxylic acids is 2. The fourth-order valence-corrected chi connectivity index (χ4v) is 7.57. The first-order valence-corrected chi connectivity index (χ1v) is 19.7. The van der Waals surface area contributed by atoms with Crippen LogP contribution in [0.5, 0.6) is 0 Å². The number of benzene rings is 5. The highest BCUT2D eigenvalue weighted by molar-refractivity contribution is 5.94. The largest absolute Gasteiger partial charge is 0.456 e. The maximum atomic E-state index is 13.6. The van der Waals surface area contributed by atoms with Gasteiger partial charge in [-0.15, -0.1) is 0 Å². The molecule has 0 saturated carbocycles. The normalized spacial score (nSPS) is 13.8. The molecule has 286 valence electrons. The van der Waals surface area contributed by atoms with Crippen LogP contribution in [-0.4, -0.2) is 49.8 Å². The second-order valence-corrected chi connectivity index (χ2v) is 14.5. The molecule has 8 rings (SSSR count). The first kappa shape index (κ1) is 37.2. The summed E-state index contributed by atoms with van der Waals surface area (Å²) >= 11 is 0. The lowest BCUT2D eigenvalue weighted by Crippen LogP contribution is -2.32. The third-order valence-electron chi connectivity index (χ3n) is 10.5. The zero-order valence-electron chi connectivity index (χ0n) is 32.1. The Bertz CT molecular complexity index is 2390. The van der Waals surface area contributed by atoms with Gasteiger partial charge in [-0.1, -0.05) is 134 Å². The molecular weight excluding hydrogens is 709 g/mol. The number of imidazole rings is 2. The number of aromatic nitrogens is 4. The summed E-state index contributed by atoms with van der Waals surface area (Å²) < 4.78 is 5.79. The number of H-pyrrole nitrogens is 2. The van der Waals surface area contributed by atoms with E-state index in [4.69, 9.17) is 14.7 Å². The van der Waals surface area contributed by atoms with Crippen molar-refractivity contribution < 1.29 is 14.3 Å². The predicted molar refractivity (Wildman–Crippen MR) is 224 cm³/mol. The van der Waals surface area contributed by atoms with Crippen molar-refractivity contribution >= 4 is 17.6 Å². The number of anilines is 1. The number of hydrogen-bond donors (Lipinski definition) is 2. The van der Waals surface area contributed by atoms with Crippen molar-refractivity contribution in [3.05, 3.63) is 174 Å². The minimum Gasteiger partial charge on any atom is -0.456 e. The highest BCUT2D eigenvalue weighted by atomic mass is 16.5. The number of nitrogens with one attached hydrogen (secondary N) is 2. The molecule has 57 heavy (non-hydrogen) atoms. The summed E-state index contributed by atoms with van der Waals surface area (Å²) in [6.45, 7) is 4.43. The SMILES string of the molecule is CCCN(Cc1nc(-c2ccc(-c3ccc(-c4cnc(C5CCCN5C(=O)Cc5ccccc5)[nH]4)cc3)cc2)c(C(=O)OCc2ccccc2)[nH]1)c1ccccc1. The number of likely N-dealkylation sites (tertiary alicyclic amines) is 1. The van der Waals surface area contributed by atoms with Crippen LogP contribution in [-0.2, 0) is 29.1 Å². The van der Waals surface area contributed by atoms with Gasteiger partial charge in [-0.05, 0) is 59.2 Å². The topological polar surface area (TPSA) is 107 Å². The maximum Gasteiger partial charge on any atom is 0.357 e. The average Bonchev–Trinajstić information content (AvgIpc) is 4.05. The third-order valence-corrected chi connectivity index (χ3v) is 10.5. The van der Waals surface area contributed by atoms with Crippen molar-refractivity contribution in [1.29, 1.82) is 0 Å². The van der Waals surface area contributed by atoms with E-state index in [2.05, 4.69) is 70.3 Å². The van der Waals surface area contributed by atoms with Gasteiger partial charge in [0.25, 0.3) is 0 Å². The van der Waals surface area contributed by atoms with E-state index >= 15 is 0 Å². The number of rotatable bonds is 14. The molecule has 2 aromatic heterocycles. The minimum atomic E-state index is -0.449. The van der Waals surface area contributed by atoms with Crippen LogP contribution in [0.15, 0.2) is 146 Å². The summed E-state index contributed by atoms with van der Waals surface area (Å²) in [5, 5.41) is 0. The number of carbonyl (C=O) groups is 2. The summed E-state index contributed by atoms with van der Waals surface area (Å²) in [6.07, 6.45) is 5.08. The van der Waals surface area contributed by atoms with Gasteiger partial charge in [-0.25, -0.2) is 14.8 Å². The summed E-state index contributed by atoms with van der Waals surface area (Å²) in [5.74, 6) is 1.20. The van der Waals surface area contributed by atoms with E-state index in [-0.39, 0.29) is 18.6 Å². The summed E-state index contributed by atoms with van der Waals surface area (Å²) in [7, 11) is 0. The quantitative estimate of drug-likeness (QED) is 0.107. The van der Waals surface area contributed by atoms with Crippen LogP contribution in [0.4, 0.5) is 5.69 Å². The van der Waals surface area contributed by atoms with Crippen LogP contribution in [0.1, 0.15) is 65.5 Å². The molecule has 2 N–H and O–H groups in total. The number of para-hydroxylation sites is 1. The van der Waals surface area contributed by atoms with Crippen LogP contribution < -0.4 is 4.90 Å². The van der Waals surface area contributed by atoms with Gasteiger partial charge in [0, 0.05) is 24.3 Å². The fourth-order valence-electron chi connectivity index (χ4n) is 7.57. The molecule has 0 aliphatic carbocycles. The van der Waals surface area contributed by atoms with Gasteiger partial charge in [-0.3, -0.25) is 4.79 Å².